The van der Waals surface area contributed by atoms with Gasteiger partial charge in [0, 0.05) is 16.5 Å². The summed E-state index contributed by atoms with van der Waals surface area (Å²) in [6.07, 6.45) is 0.679. The maximum absolute atomic E-state index is 12.8. The van der Waals surface area contributed by atoms with Crippen LogP contribution in [0.4, 0.5) is 4.79 Å². The fourth-order valence-electron chi connectivity index (χ4n) is 3.60. The van der Waals surface area contributed by atoms with E-state index in [9.17, 15) is 4.79 Å². The van der Waals surface area contributed by atoms with E-state index in [1.54, 1.807) is 12.0 Å². The SMILES string of the molecule is COc1cc(Br)cc2c1O[C@]1(C)C[C@H]2NC(=O)N1Cc1ccccc1. The number of carbonyl (C=O) groups is 1. The van der Waals surface area contributed by atoms with Crippen molar-refractivity contribution in [1.82, 2.24) is 10.2 Å². The Labute approximate surface area is 155 Å². The van der Waals surface area contributed by atoms with Gasteiger partial charge in [0.1, 0.15) is 0 Å². The van der Waals surface area contributed by atoms with Crippen LogP contribution in [0.3, 0.4) is 0 Å². The molecule has 2 heterocycles. The summed E-state index contributed by atoms with van der Waals surface area (Å²) < 4.78 is 12.7. The monoisotopic (exact) mass is 402 g/mol. The minimum atomic E-state index is -0.725. The molecule has 2 atom stereocenters. The number of methoxy groups -OCH3 is 1. The number of hydrogen-bond donors (Lipinski definition) is 1. The van der Waals surface area contributed by atoms with E-state index in [2.05, 4.69) is 21.2 Å². The molecule has 4 rings (SSSR count). The first-order valence-electron chi connectivity index (χ1n) is 8.19. The molecule has 2 aromatic rings. The molecule has 1 fully saturated rings. The van der Waals surface area contributed by atoms with Crippen LogP contribution in [0, 0.1) is 0 Å². The number of fused-ring (bicyclic) bond motifs is 4. The molecule has 2 bridgehead atoms. The predicted octanol–water partition coefficient (Wildman–Crippen LogP) is 4.22. The topological polar surface area (TPSA) is 50.8 Å². The molecule has 25 heavy (non-hydrogen) atoms. The maximum atomic E-state index is 12.8. The number of halogens is 1. The van der Waals surface area contributed by atoms with E-state index in [0.717, 1.165) is 15.6 Å². The molecule has 0 unspecified atom stereocenters. The number of nitrogens with zero attached hydrogens (tertiary/aromatic N) is 1. The lowest BCUT2D eigenvalue weighted by molar-refractivity contribution is -0.0891. The Morgan fingerprint density at radius 2 is 2.12 bits per heavy atom. The highest BCUT2D eigenvalue weighted by Crippen LogP contribution is 2.49. The van der Waals surface area contributed by atoms with Crippen LogP contribution in [0.1, 0.15) is 30.5 Å². The summed E-state index contributed by atoms with van der Waals surface area (Å²) in [5.41, 5.74) is 1.28. The highest BCUT2D eigenvalue weighted by Gasteiger charge is 2.49. The van der Waals surface area contributed by atoms with Crippen molar-refractivity contribution in [1.29, 1.82) is 0 Å². The molecular weight excluding hydrogens is 384 g/mol. The maximum Gasteiger partial charge on any atom is 0.321 e. The minimum absolute atomic E-state index is 0.0975. The molecular formula is C19H19BrN2O3. The summed E-state index contributed by atoms with van der Waals surface area (Å²) in [4.78, 5) is 14.5. The first-order valence-corrected chi connectivity index (χ1v) is 8.98. The smallest absolute Gasteiger partial charge is 0.321 e. The molecule has 0 radical (unpaired) electrons. The Bertz CT molecular complexity index is 827. The van der Waals surface area contributed by atoms with Crippen molar-refractivity contribution in [2.75, 3.05) is 7.11 Å². The summed E-state index contributed by atoms with van der Waals surface area (Å²) >= 11 is 3.50. The number of urea groups is 1. The van der Waals surface area contributed by atoms with Crippen LogP contribution in [0.25, 0.3) is 0 Å². The van der Waals surface area contributed by atoms with E-state index >= 15 is 0 Å². The molecule has 5 nitrogen and oxygen atoms in total. The Morgan fingerprint density at radius 1 is 1.36 bits per heavy atom. The second-order valence-electron chi connectivity index (χ2n) is 6.58. The van der Waals surface area contributed by atoms with Gasteiger partial charge in [-0.05, 0) is 24.6 Å². The van der Waals surface area contributed by atoms with Gasteiger partial charge in [-0.3, -0.25) is 4.90 Å². The third-order valence-electron chi connectivity index (χ3n) is 4.85. The van der Waals surface area contributed by atoms with E-state index in [-0.39, 0.29) is 12.1 Å². The minimum Gasteiger partial charge on any atom is -0.493 e. The molecule has 2 aromatic carbocycles. The summed E-state index contributed by atoms with van der Waals surface area (Å²) in [6, 6.07) is 13.6. The van der Waals surface area contributed by atoms with Crippen LogP contribution < -0.4 is 14.8 Å². The van der Waals surface area contributed by atoms with Crippen molar-refractivity contribution in [3.8, 4) is 11.5 Å². The van der Waals surface area contributed by atoms with Crippen molar-refractivity contribution >= 4 is 22.0 Å². The molecule has 0 aliphatic carbocycles. The predicted molar refractivity (Wildman–Crippen MR) is 97.6 cm³/mol. The van der Waals surface area contributed by atoms with Gasteiger partial charge in [-0.25, -0.2) is 4.79 Å². The Balaban J connectivity index is 1.74. The number of carbonyl (C=O) groups excluding carboxylic acids is 1. The third-order valence-corrected chi connectivity index (χ3v) is 5.30. The van der Waals surface area contributed by atoms with Gasteiger partial charge in [0.2, 0.25) is 0 Å². The summed E-state index contributed by atoms with van der Waals surface area (Å²) in [5.74, 6) is 1.36. The van der Waals surface area contributed by atoms with Crippen LogP contribution >= 0.6 is 15.9 Å². The van der Waals surface area contributed by atoms with E-state index in [0.29, 0.717) is 24.5 Å². The number of amides is 2. The second-order valence-corrected chi connectivity index (χ2v) is 7.50. The quantitative estimate of drug-likeness (QED) is 0.835. The Kier molecular flexibility index (Phi) is 3.87. The van der Waals surface area contributed by atoms with Crippen molar-refractivity contribution in [3.05, 3.63) is 58.1 Å². The van der Waals surface area contributed by atoms with E-state index in [1.807, 2.05) is 49.4 Å². The first-order chi connectivity index (χ1) is 12.0. The number of nitrogens with one attached hydrogen (secondary N) is 1. The van der Waals surface area contributed by atoms with Crippen molar-refractivity contribution in [2.24, 2.45) is 0 Å². The largest absolute Gasteiger partial charge is 0.493 e. The molecule has 2 aliphatic rings. The van der Waals surface area contributed by atoms with Crippen LogP contribution in [0.2, 0.25) is 0 Å². The highest BCUT2D eigenvalue weighted by atomic mass is 79.9. The second kappa shape index (κ2) is 5.95. The average molecular weight is 403 g/mol. The molecule has 1 saturated heterocycles. The van der Waals surface area contributed by atoms with Crippen LogP contribution in [-0.2, 0) is 6.54 Å². The molecule has 0 saturated carbocycles. The van der Waals surface area contributed by atoms with Gasteiger partial charge in [-0.15, -0.1) is 0 Å². The number of hydrogen-bond acceptors (Lipinski definition) is 3. The zero-order valence-corrected chi connectivity index (χ0v) is 15.7. The fraction of sp³-hybridized carbons (Fsp3) is 0.316. The average Bonchev–Trinajstić information content (AvgIpc) is 2.59. The van der Waals surface area contributed by atoms with Crippen molar-refractivity contribution < 1.29 is 14.3 Å². The lowest BCUT2D eigenvalue weighted by atomic mass is 9.90. The van der Waals surface area contributed by atoms with Gasteiger partial charge in [-0.2, -0.15) is 0 Å². The van der Waals surface area contributed by atoms with Crippen molar-refractivity contribution in [2.45, 2.75) is 31.7 Å². The van der Waals surface area contributed by atoms with Gasteiger partial charge in [0.05, 0.1) is 19.7 Å². The molecule has 0 aromatic heterocycles. The van der Waals surface area contributed by atoms with E-state index < -0.39 is 5.72 Å². The zero-order chi connectivity index (χ0) is 17.6. The molecule has 130 valence electrons. The summed E-state index contributed by atoms with van der Waals surface area (Å²) in [5, 5.41) is 3.11. The highest BCUT2D eigenvalue weighted by molar-refractivity contribution is 9.10. The summed E-state index contributed by atoms with van der Waals surface area (Å²) in [6.45, 7) is 2.45. The first kappa shape index (κ1) is 16.3. The van der Waals surface area contributed by atoms with Gasteiger partial charge in [0.15, 0.2) is 17.2 Å². The molecule has 2 aliphatic heterocycles. The number of benzene rings is 2. The fourth-order valence-corrected chi connectivity index (χ4v) is 4.05. The van der Waals surface area contributed by atoms with E-state index in [1.165, 1.54) is 0 Å². The van der Waals surface area contributed by atoms with E-state index in [4.69, 9.17) is 9.47 Å². The summed E-state index contributed by atoms with van der Waals surface area (Å²) in [7, 11) is 1.62. The Hall–Kier alpha value is -2.21. The van der Waals surface area contributed by atoms with Crippen molar-refractivity contribution in [3.63, 3.8) is 0 Å². The van der Waals surface area contributed by atoms with Crippen LogP contribution in [0.5, 0.6) is 11.5 Å². The number of rotatable bonds is 3. The van der Waals surface area contributed by atoms with Gasteiger partial charge in [0.25, 0.3) is 0 Å². The van der Waals surface area contributed by atoms with Crippen LogP contribution in [0.15, 0.2) is 46.9 Å². The Morgan fingerprint density at radius 3 is 2.84 bits per heavy atom. The van der Waals surface area contributed by atoms with Gasteiger partial charge >= 0.3 is 6.03 Å². The van der Waals surface area contributed by atoms with Gasteiger partial charge in [-0.1, -0.05) is 46.3 Å². The molecule has 0 spiro atoms. The molecule has 2 amide bonds. The molecule has 6 heteroatoms. The van der Waals surface area contributed by atoms with Gasteiger partial charge < -0.3 is 14.8 Å². The zero-order valence-electron chi connectivity index (χ0n) is 14.1. The number of ether oxygens (including phenoxy) is 2. The standard InChI is InChI=1S/C19H19BrN2O3/c1-19-10-15(14-8-13(20)9-16(24-2)17(14)25-19)21-18(23)22(19)11-12-6-4-3-5-7-12/h3-9,15H,10-11H2,1-2H3,(H,21,23)/t15-,19-/m1/s1. The third kappa shape index (κ3) is 2.74. The van der Waals surface area contributed by atoms with Crippen LogP contribution in [-0.4, -0.2) is 23.8 Å². The lowest BCUT2D eigenvalue weighted by Gasteiger charge is -2.51. The lowest BCUT2D eigenvalue weighted by Crippen LogP contribution is -2.64. The molecule has 1 N–H and O–H groups in total. The normalized spacial score (nSPS) is 24.2.